The highest BCUT2D eigenvalue weighted by Crippen LogP contribution is 2.16. The number of carboxylic acid groups (broad SMARTS) is 1. The lowest BCUT2D eigenvalue weighted by Crippen LogP contribution is -2.50. The zero-order valence-electron chi connectivity index (χ0n) is 43.4. The number of likely N-dealkylation sites (N-methyl/N-ethyl adjacent to an activating group) is 1. The molecule has 0 spiro atoms. The van der Waals surface area contributed by atoms with Crippen molar-refractivity contribution in [2.24, 2.45) is 0 Å². The van der Waals surface area contributed by atoms with Crippen LogP contribution in [0.25, 0.3) is 0 Å². The summed E-state index contributed by atoms with van der Waals surface area (Å²) in [7, 11) is 5.51. The number of rotatable bonds is 48. The molecular formula is C58H102NO7+. The number of carboxylic acids is 1. The van der Waals surface area contributed by atoms with Crippen LogP contribution in [0.2, 0.25) is 0 Å². The van der Waals surface area contributed by atoms with Crippen molar-refractivity contribution in [3.63, 3.8) is 0 Å². The zero-order valence-corrected chi connectivity index (χ0v) is 43.4. The van der Waals surface area contributed by atoms with E-state index < -0.39 is 18.1 Å². The second-order valence-corrected chi connectivity index (χ2v) is 19.1. The maximum atomic E-state index is 12.8. The molecule has 0 saturated carbocycles. The SMILES string of the molecule is CC/C=C\C/C=C\C/C=C\C/C=C\C/C=C\C/C=C\CCC(=O)OC(COCCC(C(=O)O)[N+](C)(C)C)COC(=O)CCCCCCCCCCCCCCCCCCCCCCCCC. The minimum absolute atomic E-state index is 0.0296. The largest absolute Gasteiger partial charge is 0.477 e. The quantitative estimate of drug-likeness (QED) is 0.0281. The van der Waals surface area contributed by atoms with Gasteiger partial charge < -0.3 is 23.8 Å². The van der Waals surface area contributed by atoms with Crippen molar-refractivity contribution in [1.29, 1.82) is 0 Å². The van der Waals surface area contributed by atoms with Gasteiger partial charge in [0.1, 0.15) is 6.61 Å². The van der Waals surface area contributed by atoms with Gasteiger partial charge in [-0.3, -0.25) is 9.59 Å². The summed E-state index contributed by atoms with van der Waals surface area (Å²) in [6.07, 6.45) is 62.7. The summed E-state index contributed by atoms with van der Waals surface area (Å²) in [6.45, 7) is 4.57. The Hall–Kier alpha value is -3.23. The molecule has 0 aromatic heterocycles. The summed E-state index contributed by atoms with van der Waals surface area (Å²) in [5, 5.41) is 9.66. The average molecular weight is 925 g/mol. The molecule has 1 N–H and O–H groups in total. The number of carbonyl (C=O) groups excluding carboxylic acids is 2. The summed E-state index contributed by atoms with van der Waals surface area (Å²) in [5.74, 6) is -1.57. The number of quaternary nitrogens is 1. The van der Waals surface area contributed by atoms with Crippen LogP contribution in [0.5, 0.6) is 0 Å². The predicted molar refractivity (Wildman–Crippen MR) is 280 cm³/mol. The van der Waals surface area contributed by atoms with Gasteiger partial charge in [0.05, 0.1) is 34.4 Å². The van der Waals surface area contributed by atoms with Crippen LogP contribution >= 0.6 is 0 Å². The van der Waals surface area contributed by atoms with Gasteiger partial charge in [0.15, 0.2) is 12.1 Å². The number of nitrogens with zero attached hydrogens (tertiary/aromatic N) is 1. The molecule has 66 heavy (non-hydrogen) atoms. The number of allylic oxidation sites excluding steroid dienone is 12. The molecule has 0 fully saturated rings. The summed E-state index contributed by atoms with van der Waals surface area (Å²) < 4.78 is 17.3. The van der Waals surface area contributed by atoms with E-state index in [9.17, 15) is 19.5 Å². The van der Waals surface area contributed by atoms with Gasteiger partial charge in [-0.25, -0.2) is 4.79 Å². The van der Waals surface area contributed by atoms with E-state index in [4.69, 9.17) is 14.2 Å². The van der Waals surface area contributed by atoms with Gasteiger partial charge in [-0.05, 0) is 51.4 Å². The first-order valence-corrected chi connectivity index (χ1v) is 27.0. The number of carbonyl (C=O) groups is 3. The molecule has 2 unspecified atom stereocenters. The lowest BCUT2D eigenvalue weighted by molar-refractivity contribution is -0.887. The topological polar surface area (TPSA) is 99.1 Å². The Morgan fingerprint density at radius 2 is 0.848 bits per heavy atom. The Morgan fingerprint density at radius 3 is 1.23 bits per heavy atom. The van der Waals surface area contributed by atoms with Crippen LogP contribution in [0.15, 0.2) is 72.9 Å². The van der Waals surface area contributed by atoms with E-state index >= 15 is 0 Å². The maximum Gasteiger partial charge on any atom is 0.362 e. The molecular weight excluding hydrogens is 823 g/mol. The Labute approximate surface area is 406 Å². The van der Waals surface area contributed by atoms with Crippen LogP contribution in [0.3, 0.4) is 0 Å². The second-order valence-electron chi connectivity index (χ2n) is 19.1. The molecule has 0 amide bonds. The lowest BCUT2D eigenvalue weighted by atomic mass is 10.0. The fourth-order valence-corrected chi connectivity index (χ4v) is 7.77. The van der Waals surface area contributed by atoms with Gasteiger partial charge in [0.2, 0.25) is 0 Å². The highest BCUT2D eigenvalue weighted by Gasteiger charge is 2.31. The van der Waals surface area contributed by atoms with Gasteiger partial charge in [-0.2, -0.15) is 0 Å². The van der Waals surface area contributed by atoms with Crippen molar-refractivity contribution in [2.75, 3.05) is 41.0 Å². The molecule has 0 saturated heterocycles. The third kappa shape index (κ3) is 45.9. The molecule has 0 aromatic rings. The minimum Gasteiger partial charge on any atom is -0.477 e. The van der Waals surface area contributed by atoms with Crippen molar-refractivity contribution in [3.8, 4) is 0 Å². The van der Waals surface area contributed by atoms with Crippen molar-refractivity contribution in [3.05, 3.63) is 72.9 Å². The Bertz CT molecular complexity index is 1310. The summed E-state index contributed by atoms with van der Waals surface area (Å²) >= 11 is 0. The van der Waals surface area contributed by atoms with Crippen molar-refractivity contribution < 1.29 is 38.2 Å². The molecule has 0 heterocycles. The molecule has 0 aliphatic carbocycles. The highest BCUT2D eigenvalue weighted by molar-refractivity contribution is 5.72. The molecule has 0 rings (SSSR count). The monoisotopic (exact) mass is 925 g/mol. The minimum atomic E-state index is -0.886. The average Bonchev–Trinajstić information content (AvgIpc) is 3.28. The van der Waals surface area contributed by atoms with E-state index in [1.54, 1.807) is 0 Å². The van der Waals surface area contributed by atoms with E-state index in [-0.39, 0.29) is 42.7 Å². The van der Waals surface area contributed by atoms with E-state index in [2.05, 4.69) is 74.6 Å². The molecule has 0 aliphatic rings. The van der Waals surface area contributed by atoms with Crippen LogP contribution in [0.4, 0.5) is 0 Å². The second kappa shape index (κ2) is 48.2. The zero-order chi connectivity index (χ0) is 48.4. The van der Waals surface area contributed by atoms with Crippen molar-refractivity contribution in [1.82, 2.24) is 0 Å². The van der Waals surface area contributed by atoms with Crippen LogP contribution in [0, 0.1) is 0 Å². The number of esters is 2. The molecule has 0 radical (unpaired) electrons. The summed E-state index contributed by atoms with van der Waals surface area (Å²) in [6, 6.07) is -0.631. The number of hydrogen-bond donors (Lipinski definition) is 1. The number of hydrogen-bond acceptors (Lipinski definition) is 6. The predicted octanol–water partition coefficient (Wildman–Crippen LogP) is 15.9. The van der Waals surface area contributed by atoms with Gasteiger partial charge in [-0.1, -0.05) is 228 Å². The summed E-state index contributed by atoms with van der Waals surface area (Å²) in [5.41, 5.74) is 0. The first kappa shape index (κ1) is 62.8. The third-order valence-electron chi connectivity index (χ3n) is 11.9. The number of ether oxygens (including phenoxy) is 3. The molecule has 380 valence electrons. The van der Waals surface area contributed by atoms with Crippen LogP contribution in [-0.4, -0.2) is 80.6 Å². The van der Waals surface area contributed by atoms with Crippen LogP contribution in [0.1, 0.15) is 226 Å². The normalized spacial score (nSPS) is 13.4. The molecule has 0 bridgehead atoms. The fourth-order valence-electron chi connectivity index (χ4n) is 7.77. The Morgan fingerprint density at radius 1 is 0.470 bits per heavy atom. The molecule has 2 atom stereocenters. The number of aliphatic carboxylic acids is 1. The van der Waals surface area contributed by atoms with Crippen LogP contribution in [-0.2, 0) is 28.6 Å². The van der Waals surface area contributed by atoms with Crippen molar-refractivity contribution >= 4 is 17.9 Å². The number of unbranched alkanes of at least 4 members (excludes halogenated alkanes) is 22. The molecule has 0 aromatic carbocycles. The van der Waals surface area contributed by atoms with Crippen LogP contribution < -0.4 is 0 Å². The lowest BCUT2D eigenvalue weighted by Gasteiger charge is -2.31. The van der Waals surface area contributed by atoms with E-state index in [0.29, 0.717) is 19.3 Å². The fraction of sp³-hybridized carbons (Fsp3) is 0.741. The molecule has 8 heteroatoms. The molecule has 0 aliphatic heterocycles. The first-order valence-electron chi connectivity index (χ1n) is 27.0. The van der Waals surface area contributed by atoms with Gasteiger partial charge >= 0.3 is 17.9 Å². The van der Waals surface area contributed by atoms with E-state index in [0.717, 1.165) is 57.8 Å². The van der Waals surface area contributed by atoms with Gasteiger partial charge in [0.25, 0.3) is 0 Å². The Balaban J connectivity index is 4.28. The Kier molecular flexibility index (Phi) is 45.9. The highest BCUT2D eigenvalue weighted by atomic mass is 16.6. The summed E-state index contributed by atoms with van der Waals surface area (Å²) in [4.78, 5) is 37.2. The maximum absolute atomic E-state index is 12.8. The third-order valence-corrected chi connectivity index (χ3v) is 11.9. The standard InChI is InChI=1S/C58H101NO7/c1-6-8-10-12-14-16-18-20-22-24-26-27-28-29-31-32-34-36-38-40-42-44-46-48-56(60)65-53-54(52-64-51-50-55(58(62)63)59(3,4)5)66-57(61)49-47-45-43-41-39-37-35-33-30-25-23-21-19-17-15-13-11-9-7-2/h9,11,15,17,21,23,30,33,37,39,43,45,54-55H,6-8,10,12-14,16,18-20,22,24-29,31-32,34-36,38,40-42,44,46-53H2,1-5H3/p+1/b11-9-,17-15-,23-21-,33-30-,39-37-,45-43-. The van der Waals surface area contributed by atoms with Crippen molar-refractivity contribution in [2.45, 2.75) is 238 Å². The smallest absolute Gasteiger partial charge is 0.362 e. The molecule has 8 nitrogen and oxygen atoms in total. The van der Waals surface area contributed by atoms with Gasteiger partial charge in [-0.15, -0.1) is 0 Å². The first-order chi connectivity index (χ1) is 32.1. The van der Waals surface area contributed by atoms with E-state index in [1.165, 1.54) is 128 Å². The van der Waals surface area contributed by atoms with Gasteiger partial charge in [0, 0.05) is 19.3 Å². The van der Waals surface area contributed by atoms with E-state index in [1.807, 2.05) is 33.3 Å².